The summed E-state index contributed by atoms with van der Waals surface area (Å²) < 4.78 is 29.3. The molecule has 6 heteroatoms. The smallest absolute Gasteiger partial charge is 0.208 e. The van der Waals surface area contributed by atoms with E-state index in [4.69, 9.17) is 4.42 Å². The van der Waals surface area contributed by atoms with E-state index in [2.05, 4.69) is 4.72 Å². The molecule has 0 atom stereocenters. The van der Waals surface area contributed by atoms with E-state index in [1.807, 2.05) is 18.2 Å². The highest BCUT2D eigenvalue weighted by Gasteiger charge is 2.05. The topological polar surface area (TPSA) is 59.3 Å². The highest BCUT2D eigenvalue weighted by atomic mass is 32.2. The number of nitrogens with one attached hydrogen (secondary N) is 1. The fourth-order valence-electron chi connectivity index (χ4n) is 1.43. The molecular weight excluding hydrogens is 258 g/mol. The summed E-state index contributed by atoms with van der Waals surface area (Å²) in [6, 6.07) is 5.94. The molecule has 0 fully saturated rings. The molecule has 2 aromatic rings. The van der Waals surface area contributed by atoms with Crippen molar-refractivity contribution < 1.29 is 12.8 Å². The minimum atomic E-state index is -3.09. The Labute approximate surface area is 104 Å². The average Bonchev–Trinajstić information content (AvgIpc) is 2.83. The average molecular weight is 271 g/mol. The number of thiophene rings is 1. The van der Waals surface area contributed by atoms with Gasteiger partial charge in [-0.05, 0) is 24.6 Å². The molecule has 0 radical (unpaired) electrons. The van der Waals surface area contributed by atoms with Crippen molar-refractivity contribution in [3.05, 3.63) is 35.6 Å². The second-order valence-corrected chi connectivity index (χ2v) is 6.70. The number of furan rings is 1. The van der Waals surface area contributed by atoms with Gasteiger partial charge in [0.05, 0.1) is 18.8 Å². The zero-order chi connectivity index (χ0) is 12.3. The molecule has 0 bridgehead atoms. The first-order chi connectivity index (χ1) is 8.04. The molecule has 0 aliphatic heterocycles. The van der Waals surface area contributed by atoms with Gasteiger partial charge in [-0.3, -0.25) is 0 Å². The SMILES string of the molecule is CS(=O)(=O)NCCc1ccc(-c2ccoc2)s1. The van der Waals surface area contributed by atoms with E-state index in [0.29, 0.717) is 13.0 Å². The first kappa shape index (κ1) is 12.3. The molecule has 17 heavy (non-hydrogen) atoms. The van der Waals surface area contributed by atoms with Gasteiger partial charge in [-0.1, -0.05) is 0 Å². The monoisotopic (exact) mass is 271 g/mol. The van der Waals surface area contributed by atoms with Crippen molar-refractivity contribution in [3.8, 4) is 10.4 Å². The van der Waals surface area contributed by atoms with Gasteiger partial charge in [0.15, 0.2) is 0 Å². The van der Waals surface area contributed by atoms with E-state index < -0.39 is 10.0 Å². The van der Waals surface area contributed by atoms with Crippen LogP contribution in [0.3, 0.4) is 0 Å². The molecule has 0 aliphatic rings. The highest BCUT2D eigenvalue weighted by molar-refractivity contribution is 7.88. The molecule has 2 rings (SSSR count). The van der Waals surface area contributed by atoms with Gasteiger partial charge >= 0.3 is 0 Å². The first-order valence-electron chi connectivity index (χ1n) is 5.10. The van der Waals surface area contributed by atoms with Crippen molar-refractivity contribution in [2.45, 2.75) is 6.42 Å². The van der Waals surface area contributed by atoms with Gasteiger partial charge in [0.25, 0.3) is 0 Å². The van der Waals surface area contributed by atoms with E-state index in [-0.39, 0.29) is 0 Å². The van der Waals surface area contributed by atoms with Gasteiger partial charge < -0.3 is 4.42 Å². The van der Waals surface area contributed by atoms with Crippen LogP contribution in [0.2, 0.25) is 0 Å². The number of rotatable bonds is 5. The van der Waals surface area contributed by atoms with Crippen LogP contribution in [-0.2, 0) is 16.4 Å². The minimum absolute atomic E-state index is 0.435. The molecule has 0 saturated heterocycles. The third-order valence-electron chi connectivity index (χ3n) is 2.20. The van der Waals surface area contributed by atoms with Crippen LogP contribution >= 0.6 is 11.3 Å². The molecule has 2 aromatic heterocycles. The number of hydrogen-bond donors (Lipinski definition) is 1. The van der Waals surface area contributed by atoms with Crippen LogP contribution in [0.25, 0.3) is 10.4 Å². The highest BCUT2D eigenvalue weighted by Crippen LogP contribution is 2.28. The van der Waals surface area contributed by atoms with E-state index in [9.17, 15) is 8.42 Å². The third kappa shape index (κ3) is 3.69. The molecule has 0 aromatic carbocycles. The molecule has 4 nitrogen and oxygen atoms in total. The summed E-state index contributed by atoms with van der Waals surface area (Å²) in [6.45, 7) is 0.435. The summed E-state index contributed by atoms with van der Waals surface area (Å²) in [5.41, 5.74) is 1.05. The summed E-state index contributed by atoms with van der Waals surface area (Å²) in [5.74, 6) is 0. The molecule has 1 N–H and O–H groups in total. The first-order valence-corrected chi connectivity index (χ1v) is 7.81. The summed E-state index contributed by atoms with van der Waals surface area (Å²) >= 11 is 1.65. The predicted molar refractivity (Wildman–Crippen MR) is 68.6 cm³/mol. The Bertz CT molecular complexity index is 570. The van der Waals surface area contributed by atoms with Crippen molar-refractivity contribution in [1.29, 1.82) is 0 Å². The van der Waals surface area contributed by atoms with Crippen LogP contribution in [0, 0.1) is 0 Å². The molecule has 0 unspecified atom stereocenters. The van der Waals surface area contributed by atoms with E-state index >= 15 is 0 Å². The molecule has 0 aliphatic carbocycles. The number of hydrogen-bond acceptors (Lipinski definition) is 4. The van der Waals surface area contributed by atoms with Crippen molar-refractivity contribution in [3.63, 3.8) is 0 Å². The molecular formula is C11H13NO3S2. The van der Waals surface area contributed by atoms with Crippen LogP contribution < -0.4 is 4.72 Å². The normalized spacial score (nSPS) is 11.8. The van der Waals surface area contributed by atoms with Crippen molar-refractivity contribution >= 4 is 21.4 Å². The maximum atomic E-state index is 10.9. The van der Waals surface area contributed by atoms with Gasteiger partial charge in [0.1, 0.15) is 0 Å². The fourth-order valence-corrected chi connectivity index (χ4v) is 2.90. The van der Waals surface area contributed by atoms with E-state index in [1.54, 1.807) is 23.9 Å². The third-order valence-corrected chi connectivity index (χ3v) is 4.13. The lowest BCUT2D eigenvalue weighted by atomic mass is 10.3. The summed E-state index contributed by atoms with van der Waals surface area (Å²) in [7, 11) is -3.09. The largest absolute Gasteiger partial charge is 0.472 e. The van der Waals surface area contributed by atoms with Crippen molar-refractivity contribution in [1.82, 2.24) is 4.72 Å². The Kier molecular flexibility index (Phi) is 3.66. The lowest BCUT2D eigenvalue weighted by molar-refractivity contribution is 0.568. The summed E-state index contributed by atoms with van der Waals surface area (Å²) in [5, 5.41) is 0. The van der Waals surface area contributed by atoms with Crippen LogP contribution in [0.4, 0.5) is 0 Å². The van der Waals surface area contributed by atoms with Crippen LogP contribution in [0.15, 0.2) is 35.1 Å². The lowest BCUT2D eigenvalue weighted by Crippen LogP contribution is -2.23. The van der Waals surface area contributed by atoms with Crippen molar-refractivity contribution in [2.75, 3.05) is 12.8 Å². The Morgan fingerprint density at radius 3 is 2.82 bits per heavy atom. The van der Waals surface area contributed by atoms with Crippen LogP contribution in [0.5, 0.6) is 0 Å². The molecule has 2 heterocycles. The van der Waals surface area contributed by atoms with Crippen LogP contribution in [-0.4, -0.2) is 21.2 Å². The fraction of sp³-hybridized carbons (Fsp3) is 0.273. The quantitative estimate of drug-likeness (QED) is 0.906. The number of sulfonamides is 1. The van der Waals surface area contributed by atoms with Gasteiger partial charge in [-0.2, -0.15) is 0 Å². The second-order valence-electron chi connectivity index (χ2n) is 3.69. The zero-order valence-electron chi connectivity index (χ0n) is 9.34. The van der Waals surface area contributed by atoms with Crippen LogP contribution in [0.1, 0.15) is 4.88 Å². The minimum Gasteiger partial charge on any atom is -0.472 e. The Balaban J connectivity index is 1.95. The van der Waals surface area contributed by atoms with E-state index in [0.717, 1.165) is 15.3 Å². The zero-order valence-corrected chi connectivity index (χ0v) is 11.0. The van der Waals surface area contributed by atoms with Gasteiger partial charge in [-0.15, -0.1) is 11.3 Å². The molecule has 92 valence electrons. The van der Waals surface area contributed by atoms with Crippen molar-refractivity contribution in [2.24, 2.45) is 0 Å². The van der Waals surface area contributed by atoms with E-state index in [1.165, 1.54) is 6.26 Å². The standard InChI is InChI=1S/C11H13NO3S2/c1-17(13,14)12-6-4-10-2-3-11(16-10)9-5-7-15-8-9/h2-3,5,7-8,12H,4,6H2,1H3. The Morgan fingerprint density at radius 1 is 1.35 bits per heavy atom. The van der Waals surface area contributed by atoms with Gasteiger partial charge in [0.2, 0.25) is 10.0 Å². The van der Waals surface area contributed by atoms with Gasteiger partial charge in [-0.25, -0.2) is 13.1 Å². The lowest BCUT2D eigenvalue weighted by Gasteiger charge is -1.99. The summed E-state index contributed by atoms with van der Waals surface area (Å²) in [4.78, 5) is 2.28. The molecule has 0 amide bonds. The Hall–Kier alpha value is -1.11. The van der Waals surface area contributed by atoms with Gasteiger partial charge in [0, 0.05) is 21.9 Å². The Morgan fingerprint density at radius 2 is 2.18 bits per heavy atom. The second kappa shape index (κ2) is 5.03. The molecule has 0 spiro atoms. The molecule has 0 saturated carbocycles. The maximum Gasteiger partial charge on any atom is 0.208 e. The predicted octanol–water partition coefficient (Wildman–Crippen LogP) is 2.10. The maximum absolute atomic E-state index is 10.9. The summed E-state index contributed by atoms with van der Waals surface area (Å²) in [6.07, 6.45) is 5.21.